The monoisotopic (exact) mass is 399 g/mol. The predicted molar refractivity (Wildman–Crippen MR) is 103 cm³/mol. The molecular weight excluding hydrogens is 378 g/mol. The third-order valence-electron chi connectivity index (χ3n) is 3.22. The van der Waals surface area contributed by atoms with E-state index in [9.17, 15) is 4.79 Å². The van der Waals surface area contributed by atoms with Crippen LogP contribution in [0.2, 0.25) is 0 Å². The standard InChI is InChI=1S/C16H21N3O3S3/c1-5-23-15-18-19-16(25-15)24-10(2)14(20)17-9-11-6-7-12(21-3)13(8-11)22-4/h6-8,10H,5,9H2,1-4H3,(H,17,20)/t10-/m0/s1. The van der Waals surface area contributed by atoms with Crippen LogP contribution in [0.4, 0.5) is 0 Å². The second kappa shape index (κ2) is 9.88. The maximum Gasteiger partial charge on any atom is 0.233 e. The first-order valence-corrected chi connectivity index (χ1v) is 10.4. The molecule has 0 saturated heterocycles. The van der Waals surface area contributed by atoms with Crippen molar-refractivity contribution in [3.05, 3.63) is 23.8 Å². The largest absolute Gasteiger partial charge is 0.493 e. The van der Waals surface area contributed by atoms with Crippen molar-refractivity contribution < 1.29 is 14.3 Å². The van der Waals surface area contributed by atoms with Crippen LogP contribution in [0.5, 0.6) is 11.5 Å². The number of amides is 1. The van der Waals surface area contributed by atoms with Gasteiger partial charge in [-0.2, -0.15) is 0 Å². The van der Waals surface area contributed by atoms with Crippen molar-refractivity contribution in [2.75, 3.05) is 20.0 Å². The quantitative estimate of drug-likeness (QED) is 0.647. The molecule has 0 fully saturated rings. The first kappa shape index (κ1) is 19.9. The molecule has 0 spiro atoms. The minimum absolute atomic E-state index is 0.0420. The summed E-state index contributed by atoms with van der Waals surface area (Å²) in [5.74, 6) is 2.23. The highest BCUT2D eigenvalue weighted by Gasteiger charge is 2.17. The van der Waals surface area contributed by atoms with Crippen LogP contribution in [0.3, 0.4) is 0 Å². The Morgan fingerprint density at radius 1 is 1.24 bits per heavy atom. The van der Waals surface area contributed by atoms with Crippen molar-refractivity contribution in [3.8, 4) is 11.5 Å². The molecule has 0 saturated carbocycles. The lowest BCUT2D eigenvalue weighted by Crippen LogP contribution is -2.30. The van der Waals surface area contributed by atoms with Crippen molar-refractivity contribution in [2.24, 2.45) is 0 Å². The van der Waals surface area contributed by atoms with Crippen molar-refractivity contribution >= 4 is 40.8 Å². The Bertz CT molecular complexity index is 709. The molecule has 0 aliphatic carbocycles. The lowest BCUT2D eigenvalue weighted by molar-refractivity contribution is -0.120. The lowest BCUT2D eigenvalue weighted by Gasteiger charge is -2.12. The van der Waals surface area contributed by atoms with Gasteiger partial charge in [-0.25, -0.2) is 0 Å². The van der Waals surface area contributed by atoms with E-state index >= 15 is 0 Å². The molecule has 1 aromatic carbocycles. The summed E-state index contributed by atoms with van der Waals surface area (Å²) < 4.78 is 12.2. The molecule has 25 heavy (non-hydrogen) atoms. The summed E-state index contributed by atoms with van der Waals surface area (Å²) in [6, 6.07) is 5.58. The van der Waals surface area contributed by atoms with Gasteiger partial charge in [-0.15, -0.1) is 10.2 Å². The van der Waals surface area contributed by atoms with E-state index in [4.69, 9.17) is 9.47 Å². The number of aromatic nitrogens is 2. The summed E-state index contributed by atoms with van der Waals surface area (Å²) in [5.41, 5.74) is 0.945. The fourth-order valence-corrected chi connectivity index (χ4v) is 5.04. The number of carbonyl (C=O) groups excluding carboxylic acids is 1. The van der Waals surface area contributed by atoms with Gasteiger partial charge in [0.25, 0.3) is 0 Å². The Labute approximate surface area is 160 Å². The molecule has 1 atom stereocenters. The maximum atomic E-state index is 12.3. The average Bonchev–Trinajstić information content (AvgIpc) is 3.06. The second-order valence-electron chi connectivity index (χ2n) is 4.93. The molecule has 0 radical (unpaired) electrons. The van der Waals surface area contributed by atoms with Gasteiger partial charge < -0.3 is 14.8 Å². The molecule has 1 amide bonds. The highest BCUT2D eigenvalue weighted by atomic mass is 32.2. The second-order valence-corrected chi connectivity index (χ2v) is 9.01. The van der Waals surface area contributed by atoms with Crippen LogP contribution in [-0.2, 0) is 11.3 Å². The third-order valence-corrected chi connectivity index (χ3v) is 6.34. The zero-order chi connectivity index (χ0) is 18.2. The van der Waals surface area contributed by atoms with Gasteiger partial charge in [-0.05, 0) is 30.4 Å². The Morgan fingerprint density at radius 3 is 2.64 bits per heavy atom. The van der Waals surface area contributed by atoms with Crippen LogP contribution < -0.4 is 14.8 Å². The summed E-state index contributed by atoms with van der Waals surface area (Å²) in [5, 5.41) is 10.9. The first-order valence-electron chi connectivity index (χ1n) is 7.69. The Kier molecular flexibility index (Phi) is 7.86. The average molecular weight is 400 g/mol. The van der Waals surface area contributed by atoms with E-state index < -0.39 is 0 Å². The van der Waals surface area contributed by atoms with Crippen molar-refractivity contribution in [1.82, 2.24) is 15.5 Å². The van der Waals surface area contributed by atoms with Crippen LogP contribution in [-0.4, -0.2) is 41.3 Å². The first-order chi connectivity index (χ1) is 12.1. The summed E-state index contributed by atoms with van der Waals surface area (Å²) in [6.45, 7) is 4.36. The molecule has 2 aromatic rings. The van der Waals surface area contributed by atoms with Crippen molar-refractivity contribution in [2.45, 2.75) is 34.3 Å². The number of hydrogen-bond acceptors (Lipinski definition) is 8. The molecule has 0 aliphatic heterocycles. The number of rotatable bonds is 9. The maximum absolute atomic E-state index is 12.3. The van der Waals surface area contributed by atoms with Crippen molar-refractivity contribution in [3.63, 3.8) is 0 Å². The number of benzene rings is 1. The minimum Gasteiger partial charge on any atom is -0.493 e. The topological polar surface area (TPSA) is 73.3 Å². The molecule has 1 aromatic heterocycles. The zero-order valence-corrected chi connectivity index (χ0v) is 17.0. The van der Waals surface area contributed by atoms with Crippen LogP contribution >= 0.6 is 34.9 Å². The number of carbonyl (C=O) groups is 1. The van der Waals surface area contributed by atoms with Gasteiger partial charge in [-0.1, -0.05) is 47.9 Å². The Morgan fingerprint density at radius 2 is 1.96 bits per heavy atom. The fourth-order valence-electron chi connectivity index (χ4n) is 1.95. The molecule has 0 unspecified atom stereocenters. The van der Waals surface area contributed by atoms with Crippen LogP contribution in [0.1, 0.15) is 19.4 Å². The molecule has 136 valence electrons. The number of methoxy groups -OCH3 is 2. The fraction of sp³-hybridized carbons (Fsp3) is 0.438. The molecule has 0 bridgehead atoms. The smallest absolute Gasteiger partial charge is 0.233 e. The molecular formula is C16H21N3O3S3. The number of hydrogen-bond donors (Lipinski definition) is 1. The summed E-state index contributed by atoms with van der Waals surface area (Å²) in [4.78, 5) is 12.3. The summed E-state index contributed by atoms with van der Waals surface area (Å²) in [6.07, 6.45) is 0. The van der Waals surface area contributed by atoms with Gasteiger partial charge in [0.1, 0.15) is 0 Å². The Balaban J connectivity index is 1.88. The van der Waals surface area contributed by atoms with E-state index in [2.05, 4.69) is 22.4 Å². The van der Waals surface area contributed by atoms with Gasteiger partial charge >= 0.3 is 0 Å². The summed E-state index contributed by atoms with van der Waals surface area (Å²) in [7, 11) is 3.18. The lowest BCUT2D eigenvalue weighted by atomic mass is 10.2. The molecule has 6 nitrogen and oxygen atoms in total. The normalized spacial score (nSPS) is 11.8. The van der Waals surface area contributed by atoms with Crippen LogP contribution in [0, 0.1) is 0 Å². The summed E-state index contributed by atoms with van der Waals surface area (Å²) >= 11 is 4.60. The van der Waals surface area contributed by atoms with E-state index in [1.54, 1.807) is 26.0 Å². The van der Waals surface area contributed by atoms with E-state index in [0.717, 1.165) is 20.0 Å². The minimum atomic E-state index is -0.243. The van der Waals surface area contributed by atoms with Gasteiger partial charge in [-0.3, -0.25) is 4.79 Å². The SMILES string of the molecule is CCSc1nnc(S[C@@H](C)C(=O)NCc2ccc(OC)c(OC)c2)s1. The molecule has 0 aliphatic rings. The third kappa shape index (κ3) is 5.79. The Hall–Kier alpha value is -1.45. The van der Waals surface area contributed by atoms with Crippen LogP contribution in [0.15, 0.2) is 26.9 Å². The van der Waals surface area contributed by atoms with Gasteiger partial charge in [0, 0.05) is 6.54 Å². The van der Waals surface area contributed by atoms with Crippen LogP contribution in [0.25, 0.3) is 0 Å². The van der Waals surface area contributed by atoms with Gasteiger partial charge in [0.2, 0.25) is 5.91 Å². The van der Waals surface area contributed by atoms with E-state index in [1.165, 1.54) is 23.1 Å². The van der Waals surface area contributed by atoms with E-state index in [-0.39, 0.29) is 11.2 Å². The number of nitrogens with zero attached hydrogens (tertiary/aromatic N) is 2. The predicted octanol–water partition coefficient (Wildman–Crippen LogP) is 3.46. The number of thioether (sulfide) groups is 2. The molecule has 2 rings (SSSR count). The highest BCUT2D eigenvalue weighted by Crippen LogP contribution is 2.31. The highest BCUT2D eigenvalue weighted by molar-refractivity contribution is 8.03. The van der Waals surface area contributed by atoms with Gasteiger partial charge in [0.05, 0.1) is 19.5 Å². The van der Waals surface area contributed by atoms with E-state index in [1.807, 2.05) is 25.1 Å². The van der Waals surface area contributed by atoms with Crippen molar-refractivity contribution in [1.29, 1.82) is 0 Å². The molecule has 9 heteroatoms. The molecule has 1 N–H and O–H groups in total. The van der Waals surface area contributed by atoms with E-state index in [0.29, 0.717) is 18.0 Å². The molecule has 1 heterocycles. The zero-order valence-electron chi connectivity index (χ0n) is 14.6. The number of nitrogens with one attached hydrogen (secondary N) is 1. The van der Waals surface area contributed by atoms with Gasteiger partial charge in [0.15, 0.2) is 20.2 Å². The number of ether oxygens (including phenoxy) is 2.